The van der Waals surface area contributed by atoms with Gasteiger partial charge in [-0.25, -0.2) is 0 Å². The van der Waals surface area contributed by atoms with E-state index in [1.54, 1.807) is 7.05 Å². The normalized spacial score (nSPS) is 10.5. The van der Waals surface area contributed by atoms with Gasteiger partial charge in [0.25, 0.3) is 5.91 Å². The van der Waals surface area contributed by atoms with Gasteiger partial charge in [-0.15, -0.1) is 0 Å². The van der Waals surface area contributed by atoms with Gasteiger partial charge < -0.3 is 15.8 Å². The Morgan fingerprint density at radius 1 is 1.59 bits per heavy atom. The molecule has 17 heavy (non-hydrogen) atoms. The maximum absolute atomic E-state index is 11.7. The summed E-state index contributed by atoms with van der Waals surface area (Å²) >= 11 is 0. The van der Waals surface area contributed by atoms with E-state index in [-0.39, 0.29) is 5.91 Å². The van der Waals surface area contributed by atoms with Crippen LogP contribution in [0.2, 0.25) is 0 Å². The number of hydrogen-bond acceptors (Lipinski definition) is 4. The number of nitrogens with two attached hydrogens (primary N) is 1. The number of carbonyl (C=O) groups excluding carboxylic acids is 1. The van der Waals surface area contributed by atoms with Gasteiger partial charge in [-0.05, 0) is 6.42 Å². The Bertz CT molecular complexity index is 343. The van der Waals surface area contributed by atoms with E-state index in [2.05, 4.69) is 17.3 Å². The monoisotopic (exact) mass is 240 g/mol. The summed E-state index contributed by atoms with van der Waals surface area (Å²) < 4.78 is 6.79. The number of nitrogens with one attached hydrogen (secondary N) is 1. The highest BCUT2D eigenvalue weighted by Gasteiger charge is 2.13. The minimum Gasteiger partial charge on any atom is -0.396 e. The van der Waals surface area contributed by atoms with Crippen molar-refractivity contribution in [1.29, 1.82) is 0 Å². The lowest BCUT2D eigenvalue weighted by atomic mass is 10.3. The van der Waals surface area contributed by atoms with Crippen LogP contribution in [0.25, 0.3) is 0 Å². The van der Waals surface area contributed by atoms with Crippen molar-refractivity contribution in [2.75, 3.05) is 25.5 Å². The molecule has 1 heterocycles. The number of aromatic nitrogens is 2. The van der Waals surface area contributed by atoms with E-state index < -0.39 is 0 Å². The molecule has 0 aromatic carbocycles. The van der Waals surface area contributed by atoms with E-state index in [9.17, 15) is 4.79 Å². The first-order chi connectivity index (χ1) is 8.16. The molecule has 0 aliphatic carbocycles. The summed E-state index contributed by atoms with van der Waals surface area (Å²) in [5, 5.41) is 6.64. The average Bonchev–Trinajstić information content (AvgIpc) is 2.63. The van der Waals surface area contributed by atoms with Gasteiger partial charge in [-0.1, -0.05) is 13.3 Å². The second-order valence-electron chi connectivity index (χ2n) is 3.79. The predicted octanol–water partition coefficient (Wildman–Crippen LogP) is 0.549. The summed E-state index contributed by atoms with van der Waals surface area (Å²) in [6.07, 6.45) is 3.62. The van der Waals surface area contributed by atoms with Crippen LogP contribution in [0.15, 0.2) is 6.20 Å². The first kappa shape index (κ1) is 13.5. The summed E-state index contributed by atoms with van der Waals surface area (Å²) in [6, 6.07) is 0. The van der Waals surface area contributed by atoms with E-state index in [0.717, 1.165) is 19.4 Å². The summed E-state index contributed by atoms with van der Waals surface area (Å²) in [5.74, 6) is -0.221. The average molecular weight is 240 g/mol. The Labute approximate surface area is 101 Å². The number of unbranched alkanes of at least 4 members (excludes halogenated alkanes) is 1. The first-order valence-corrected chi connectivity index (χ1v) is 5.80. The zero-order valence-corrected chi connectivity index (χ0v) is 10.4. The molecule has 0 atom stereocenters. The van der Waals surface area contributed by atoms with E-state index in [0.29, 0.717) is 24.5 Å². The fraction of sp³-hybridized carbons (Fsp3) is 0.636. The van der Waals surface area contributed by atoms with Gasteiger partial charge in [-0.2, -0.15) is 5.10 Å². The van der Waals surface area contributed by atoms with E-state index in [1.807, 2.05) is 0 Å². The fourth-order valence-electron chi connectivity index (χ4n) is 1.40. The molecule has 0 fully saturated rings. The van der Waals surface area contributed by atoms with Crippen LogP contribution in [0.4, 0.5) is 5.69 Å². The maximum Gasteiger partial charge on any atom is 0.271 e. The number of hydrogen-bond donors (Lipinski definition) is 2. The van der Waals surface area contributed by atoms with Crippen LogP contribution in [0.5, 0.6) is 0 Å². The quantitative estimate of drug-likeness (QED) is 0.682. The highest BCUT2D eigenvalue weighted by molar-refractivity contribution is 5.97. The highest BCUT2D eigenvalue weighted by Crippen LogP contribution is 2.08. The van der Waals surface area contributed by atoms with Crippen molar-refractivity contribution < 1.29 is 9.53 Å². The molecule has 3 N–H and O–H groups in total. The smallest absolute Gasteiger partial charge is 0.271 e. The molecule has 0 aliphatic rings. The maximum atomic E-state index is 11.7. The van der Waals surface area contributed by atoms with Crippen LogP contribution in [0.3, 0.4) is 0 Å². The van der Waals surface area contributed by atoms with Crippen LogP contribution in [0, 0.1) is 0 Å². The van der Waals surface area contributed by atoms with Gasteiger partial charge in [0.05, 0.1) is 18.5 Å². The van der Waals surface area contributed by atoms with Gasteiger partial charge in [0, 0.05) is 20.2 Å². The molecule has 0 aliphatic heterocycles. The number of nitrogens with zero attached hydrogens (tertiary/aromatic N) is 2. The molecule has 0 spiro atoms. The standard InChI is InChI=1S/C11H20N4O2/c1-3-4-6-17-7-5-13-11(16)10-9(12)8-14-15(10)2/h8H,3-7,12H2,1-2H3,(H,13,16). The third-order valence-corrected chi connectivity index (χ3v) is 2.36. The number of anilines is 1. The summed E-state index contributed by atoms with van der Waals surface area (Å²) in [5.41, 5.74) is 6.41. The summed E-state index contributed by atoms with van der Waals surface area (Å²) in [7, 11) is 1.68. The van der Waals surface area contributed by atoms with Crippen molar-refractivity contribution in [2.45, 2.75) is 19.8 Å². The van der Waals surface area contributed by atoms with Gasteiger partial charge in [0.15, 0.2) is 0 Å². The van der Waals surface area contributed by atoms with Crippen LogP contribution in [-0.2, 0) is 11.8 Å². The molecule has 0 radical (unpaired) electrons. The molecule has 1 amide bonds. The molecule has 0 bridgehead atoms. The van der Waals surface area contributed by atoms with Gasteiger partial charge in [0.2, 0.25) is 0 Å². The lowest BCUT2D eigenvalue weighted by Gasteiger charge is -2.06. The molecule has 1 aromatic heterocycles. The molecule has 96 valence electrons. The van der Waals surface area contributed by atoms with Crippen molar-refractivity contribution in [3.8, 4) is 0 Å². The second kappa shape index (κ2) is 6.90. The Hall–Kier alpha value is -1.56. The minimum atomic E-state index is -0.221. The van der Waals surface area contributed by atoms with Crippen molar-refractivity contribution in [3.05, 3.63) is 11.9 Å². The topological polar surface area (TPSA) is 82.2 Å². The second-order valence-corrected chi connectivity index (χ2v) is 3.79. The van der Waals surface area contributed by atoms with Crippen molar-refractivity contribution >= 4 is 11.6 Å². The van der Waals surface area contributed by atoms with E-state index in [1.165, 1.54) is 10.9 Å². The largest absolute Gasteiger partial charge is 0.396 e. The molecule has 0 saturated heterocycles. The fourth-order valence-corrected chi connectivity index (χ4v) is 1.40. The molecule has 6 heteroatoms. The molecule has 1 rings (SSSR count). The zero-order valence-electron chi connectivity index (χ0n) is 10.4. The number of rotatable bonds is 7. The van der Waals surface area contributed by atoms with Crippen molar-refractivity contribution in [3.63, 3.8) is 0 Å². The van der Waals surface area contributed by atoms with Crippen LogP contribution >= 0.6 is 0 Å². The van der Waals surface area contributed by atoms with Crippen LogP contribution < -0.4 is 11.1 Å². The zero-order chi connectivity index (χ0) is 12.7. The third-order valence-electron chi connectivity index (χ3n) is 2.36. The van der Waals surface area contributed by atoms with E-state index >= 15 is 0 Å². The Kier molecular flexibility index (Phi) is 5.48. The van der Waals surface area contributed by atoms with Crippen LogP contribution in [-0.4, -0.2) is 35.4 Å². The summed E-state index contributed by atoms with van der Waals surface area (Å²) in [4.78, 5) is 11.7. The molecule has 0 unspecified atom stereocenters. The number of carbonyl (C=O) groups is 1. The number of nitrogen functional groups attached to an aromatic ring is 1. The highest BCUT2D eigenvalue weighted by atomic mass is 16.5. The lowest BCUT2D eigenvalue weighted by Crippen LogP contribution is -2.29. The number of aryl methyl sites for hydroxylation is 1. The molecular formula is C11H20N4O2. The summed E-state index contributed by atoms with van der Waals surface area (Å²) in [6.45, 7) is 3.84. The predicted molar refractivity (Wildman–Crippen MR) is 65.7 cm³/mol. The van der Waals surface area contributed by atoms with Crippen molar-refractivity contribution in [2.24, 2.45) is 7.05 Å². The third kappa shape index (κ3) is 4.07. The minimum absolute atomic E-state index is 0.221. The van der Waals surface area contributed by atoms with Gasteiger partial charge in [-0.3, -0.25) is 9.48 Å². The molecule has 1 aromatic rings. The molecule has 0 saturated carbocycles. The number of ether oxygens (including phenoxy) is 1. The Morgan fingerprint density at radius 2 is 2.35 bits per heavy atom. The Morgan fingerprint density at radius 3 is 2.94 bits per heavy atom. The SMILES string of the molecule is CCCCOCCNC(=O)c1c(N)cnn1C. The van der Waals surface area contributed by atoms with Gasteiger partial charge in [0.1, 0.15) is 5.69 Å². The van der Waals surface area contributed by atoms with E-state index in [4.69, 9.17) is 10.5 Å². The van der Waals surface area contributed by atoms with Crippen molar-refractivity contribution in [1.82, 2.24) is 15.1 Å². The lowest BCUT2D eigenvalue weighted by molar-refractivity contribution is 0.0904. The first-order valence-electron chi connectivity index (χ1n) is 5.80. The number of amides is 1. The molecule has 6 nitrogen and oxygen atoms in total. The Balaban J connectivity index is 2.26. The van der Waals surface area contributed by atoms with Crippen LogP contribution in [0.1, 0.15) is 30.3 Å². The van der Waals surface area contributed by atoms with Gasteiger partial charge >= 0.3 is 0 Å². The molecular weight excluding hydrogens is 220 g/mol.